The number of nitrogens with one attached hydrogen (secondary N) is 1. The van der Waals surface area contributed by atoms with Crippen molar-refractivity contribution in [3.05, 3.63) is 80.0 Å². The lowest BCUT2D eigenvalue weighted by Crippen LogP contribution is -2.25. The van der Waals surface area contributed by atoms with Gasteiger partial charge in [-0.15, -0.1) is 0 Å². The maximum atomic E-state index is 12.9. The number of non-ortho nitro benzene ring substituents is 1. The Labute approximate surface area is 189 Å². The lowest BCUT2D eigenvalue weighted by Gasteiger charge is -2.13. The zero-order valence-corrected chi connectivity index (χ0v) is 17.6. The summed E-state index contributed by atoms with van der Waals surface area (Å²) in [6.45, 7) is 2.93. The molecule has 14 heteroatoms. The van der Waals surface area contributed by atoms with Crippen molar-refractivity contribution in [3.8, 4) is 11.5 Å². The van der Waals surface area contributed by atoms with Crippen LogP contribution in [0, 0.1) is 27.2 Å². The van der Waals surface area contributed by atoms with Crippen LogP contribution in [0.15, 0.2) is 48.5 Å². The molecule has 34 heavy (non-hydrogen) atoms. The Balaban J connectivity index is 1.87. The van der Waals surface area contributed by atoms with Crippen molar-refractivity contribution in [1.29, 1.82) is 0 Å². The predicted octanol–water partition coefficient (Wildman–Crippen LogP) is 5.02. The van der Waals surface area contributed by atoms with Gasteiger partial charge in [0.1, 0.15) is 17.5 Å². The van der Waals surface area contributed by atoms with E-state index in [0.29, 0.717) is 5.69 Å². The van der Waals surface area contributed by atoms with Gasteiger partial charge < -0.3 is 20.2 Å². The average Bonchev–Trinajstić information content (AvgIpc) is 3.14. The first kappa shape index (κ1) is 24.2. The molecule has 0 fully saturated rings. The normalized spacial score (nSPS) is 12.1. The van der Waals surface area contributed by atoms with E-state index in [1.807, 2.05) is 0 Å². The SMILES string of the molecule is Cc1cc([N+](=O)[O-])nn1C(C)C(=O)Nc1cc(Oc2cccc(C(F)(F)F)c2)cc([N+](=O)[O-])c1. The lowest BCUT2D eigenvalue weighted by atomic mass is 10.2. The monoisotopic (exact) mass is 479 g/mol. The fourth-order valence-corrected chi connectivity index (χ4v) is 3.00. The molecule has 3 aromatic rings. The largest absolute Gasteiger partial charge is 0.457 e. The third-order valence-electron chi connectivity index (χ3n) is 4.61. The van der Waals surface area contributed by atoms with Crippen molar-refractivity contribution in [3.63, 3.8) is 0 Å². The van der Waals surface area contributed by atoms with Crippen molar-refractivity contribution >= 4 is 23.1 Å². The number of carbonyl (C=O) groups excluding carboxylic acids is 1. The molecular formula is C20H16F3N5O6. The zero-order valence-electron chi connectivity index (χ0n) is 17.6. The van der Waals surface area contributed by atoms with Crippen LogP contribution in [0.5, 0.6) is 11.5 Å². The van der Waals surface area contributed by atoms with Gasteiger partial charge >= 0.3 is 12.0 Å². The standard InChI is InChI=1S/C20H16F3N5O6/c1-11-6-18(28(32)33)25-26(11)12(2)19(29)24-14-8-15(27(30)31)10-17(9-14)34-16-5-3-4-13(7-16)20(21,22)23/h3-10,12H,1-2H3,(H,24,29). The van der Waals surface area contributed by atoms with Gasteiger partial charge in [-0.1, -0.05) is 6.07 Å². The Morgan fingerprint density at radius 2 is 1.79 bits per heavy atom. The van der Waals surface area contributed by atoms with E-state index in [1.54, 1.807) is 0 Å². The van der Waals surface area contributed by atoms with E-state index >= 15 is 0 Å². The minimum Gasteiger partial charge on any atom is -0.457 e. The number of carbonyl (C=O) groups is 1. The number of aryl methyl sites for hydroxylation is 1. The van der Waals surface area contributed by atoms with Crippen LogP contribution in [-0.4, -0.2) is 25.5 Å². The number of halogens is 3. The second-order valence-electron chi connectivity index (χ2n) is 7.11. The number of aromatic nitrogens is 2. The molecule has 11 nitrogen and oxygen atoms in total. The molecule has 2 aromatic carbocycles. The van der Waals surface area contributed by atoms with Crippen molar-refractivity contribution in [2.75, 3.05) is 5.32 Å². The zero-order chi connectivity index (χ0) is 25.2. The van der Waals surface area contributed by atoms with Gasteiger partial charge in [0.2, 0.25) is 0 Å². The smallest absolute Gasteiger partial charge is 0.416 e. The molecule has 1 N–H and O–H groups in total. The molecule has 1 amide bonds. The van der Waals surface area contributed by atoms with Gasteiger partial charge in [-0.3, -0.25) is 14.9 Å². The van der Waals surface area contributed by atoms with E-state index in [9.17, 15) is 38.2 Å². The molecule has 1 unspecified atom stereocenters. The minimum absolute atomic E-state index is 0.0765. The number of ether oxygens (including phenoxy) is 1. The highest BCUT2D eigenvalue weighted by atomic mass is 19.4. The van der Waals surface area contributed by atoms with Gasteiger partial charge in [0.15, 0.2) is 0 Å². The van der Waals surface area contributed by atoms with E-state index in [2.05, 4.69) is 10.4 Å². The van der Waals surface area contributed by atoms with E-state index in [1.165, 1.54) is 32.0 Å². The number of hydrogen-bond donors (Lipinski definition) is 1. The van der Waals surface area contributed by atoms with Crippen LogP contribution in [0.3, 0.4) is 0 Å². The van der Waals surface area contributed by atoms with E-state index in [-0.39, 0.29) is 17.2 Å². The molecule has 0 saturated heterocycles. The van der Waals surface area contributed by atoms with Crippen LogP contribution in [0.1, 0.15) is 24.2 Å². The number of hydrogen-bond acceptors (Lipinski definition) is 7. The van der Waals surface area contributed by atoms with Gasteiger partial charge in [-0.2, -0.15) is 17.9 Å². The Kier molecular flexibility index (Phi) is 6.51. The molecule has 0 aliphatic rings. The predicted molar refractivity (Wildman–Crippen MR) is 112 cm³/mol. The summed E-state index contributed by atoms with van der Waals surface area (Å²) in [5.41, 5.74) is -1.20. The quantitative estimate of drug-likeness (QED) is 0.370. The van der Waals surface area contributed by atoms with Crippen molar-refractivity contribution in [2.45, 2.75) is 26.1 Å². The first-order valence-electron chi connectivity index (χ1n) is 9.51. The van der Waals surface area contributed by atoms with Crippen molar-refractivity contribution < 1.29 is 32.5 Å². The lowest BCUT2D eigenvalue weighted by molar-refractivity contribution is -0.389. The third kappa shape index (κ3) is 5.46. The molecular weight excluding hydrogens is 463 g/mol. The van der Waals surface area contributed by atoms with E-state index < -0.39 is 45.0 Å². The fourth-order valence-electron chi connectivity index (χ4n) is 3.00. The number of nitrogens with zero attached hydrogens (tertiary/aromatic N) is 4. The summed E-state index contributed by atoms with van der Waals surface area (Å²) in [6, 6.07) is 7.28. The second-order valence-corrected chi connectivity index (χ2v) is 7.11. The Bertz CT molecular complexity index is 1270. The van der Waals surface area contributed by atoms with E-state index in [0.717, 1.165) is 35.0 Å². The summed E-state index contributed by atoms with van der Waals surface area (Å²) in [5.74, 6) is -1.57. The van der Waals surface area contributed by atoms with Crippen LogP contribution in [0.25, 0.3) is 0 Å². The molecule has 0 radical (unpaired) electrons. The van der Waals surface area contributed by atoms with Crippen molar-refractivity contribution in [1.82, 2.24) is 9.78 Å². The highest BCUT2D eigenvalue weighted by Gasteiger charge is 2.31. The minimum atomic E-state index is -4.61. The van der Waals surface area contributed by atoms with Gasteiger partial charge in [0.25, 0.3) is 11.6 Å². The van der Waals surface area contributed by atoms with Crippen LogP contribution >= 0.6 is 0 Å². The Morgan fingerprint density at radius 3 is 2.38 bits per heavy atom. The first-order valence-corrected chi connectivity index (χ1v) is 9.51. The third-order valence-corrected chi connectivity index (χ3v) is 4.61. The molecule has 0 aliphatic carbocycles. The highest BCUT2D eigenvalue weighted by molar-refractivity contribution is 5.94. The average molecular weight is 479 g/mol. The fraction of sp³-hybridized carbons (Fsp3) is 0.200. The topological polar surface area (TPSA) is 142 Å². The molecule has 0 aliphatic heterocycles. The highest BCUT2D eigenvalue weighted by Crippen LogP contribution is 2.34. The number of alkyl halides is 3. The number of amides is 1. The molecule has 0 spiro atoms. The van der Waals surface area contributed by atoms with Crippen LogP contribution < -0.4 is 10.1 Å². The molecule has 0 bridgehead atoms. The Morgan fingerprint density at radius 1 is 1.09 bits per heavy atom. The van der Waals surface area contributed by atoms with Gasteiger partial charge in [0, 0.05) is 12.1 Å². The maximum Gasteiger partial charge on any atom is 0.416 e. The summed E-state index contributed by atoms with van der Waals surface area (Å²) < 4.78 is 45.3. The molecule has 1 heterocycles. The van der Waals surface area contributed by atoms with Gasteiger partial charge in [-0.25, -0.2) is 0 Å². The summed E-state index contributed by atoms with van der Waals surface area (Å²) >= 11 is 0. The summed E-state index contributed by atoms with van der Waals surface area (Å²) in [5, 5.41) is 28.4. The summed E-state index contributed by atoms with van der Waals surface area (Å²) in [6.07, 6.45) is -4.61. The van der Waals surface area contributed by atoms with Gasteiger partial charge in [0.05, 0.1) is 39.1 Å². The van der Waals surface area contributed by atoms with E-state index in [4.69, 9.17) is 4.74 Å². The van der Waals surface area contributed by atoms with Crippen LogP contribution in [0.2, 0.25) is 0 Å². The van der Waals surface area contributed by atoms with Crippen LogP contribution in [0.4, 0.5) is 30.4 Å². The van der Waals surface area contributed by atoms with Gasteiger partial charge in [-0.05, 0) is 37.0 Å². The number of nitro benzene ring substituents is 1. The maximum absolute atomic E-state index is 12.9. The Hall–Kier alpha value is -4.49. The number of nitro groups is 2. The molecule has 0 saturated carbocycles. The number of rotatable bonds is 7. The first-order chi connectivity index (χ1) is 15.8. The van der Waals surface area contributed by atoms with Crippen molar-refractivity contribution in [2.24, 2.45) is 0 Å². The molecule has 178 valence electrons. The molecule has 3 rings (SSSR count). The molecule has 1 atom stereocenters. The summed E-state index contributed by atoms with van der Waals surface area (Å²) in [7, 11) is 0. The van der Waals surface area contributed by atoms with Crippen LogP contribution in [-0.2, 0) is 11.0 Å². The number of anilines is 1. The summed E-state index contributed by atoms with van der Waals surface area (Å²) in [4.78, 5) is 33.4. The molecule has 1 aromatic heterocycles. The second kappa shape index (κ2) is 9.17. The number of benzene rings is 2.